The van der Waals surface area contributed by atoms with Crippen LogP contribution in [0.4, 0.5) is 14.9 Å². The molecule has 3 aromatic carbocycles. The number of hydrogen-bond donors (Lipinski definition) is 3. The number of fused-ring (bicyclic) bond motifs is 2. The number of rotatable bonds is 30. The number of oxime groups is 1. The highest BCUT2D eigenvalue weighted by atomic mass is 19.1. The van der Waals surface area contributed by atoms with Gasteiger partial charge in [0.05, 0.1) is 38.1 Å². The molecule has 388 valence electrons. The molecule has 0 spiro atoms. The SMILES string of the molecule is C=CCO[C@@]12Oc3ccc(OC(=O)Nc4ccc(OC)cc4OC)cc3[C@H]3[C@H](CCCCO)[C@@H](CCCCO)C=C(C(=NOCC)C[C@@H]1N(Cc1ccc(F)cc1)C(=O)CCCCCCCCCCC)[C@H]32. The van der Waals surface area contributed by atoms with E-state index in [4.69, 9.17) is 33.7 Å². The number of benzene rings is 3. The van der Waals surface area contributed by atoms with E-state index in [-0.39, 0.29) is 68.0 Å². The molecule has 1 saturated carbocycles. The number of aliphatic hydroxyl groups excluding tert-OH is 2. The number of nitrogens with zero attached hydrogens (tertiary/aromatic N) is 2. The number of ether oxygens (including phenoxy) is 5. The van der Waals surface area contributed by atoms with E-state index in [2.05, 4.69) is 24.9 Å². The van der Waals surface area contributed by atoms with Crippen molar-refractivity contribution in [3.63, 3.8) is 0 Å². The molecule has 0 saturated heterocycles. The number of carbonyl (C=O) groups is 2. The van der Waals surface area contributed by atoms with Gasteiger partial charge in [-0.25, -0.2) is 9.18 Å². The van der Waals surface area contributed by atoms with E-state index >= 15 is 4.79 Å². The number of halogens is 1. The van der Waals surface area contributed by atoms with Crippen LogP contribution in [0.5, 0.6) is 23.0 Å². The van der Waals surface area contributed by atoms with Crippen LogP contribution in [0.1, 0.15) is 140 Å². The third-order valence-electron chi connectivity index (χ3n) is 14.3. The van der Waals surface area contributed by atoms with Gasteiger partial charge >= 0.3 is 6.09 Å². The fourth-order valence-electron chi connectivity index (χ4n) is 10.9. The Morgan fingerprint density at radius 2 is 1.58 bits per heavy atom. The summed E-state index contributed by atoms with van der Waals surface area (Å²) in [7, 11) is 3.05. The van der Waals surface area contributed by atoms with Crippen LogP contribution in [0, 0.1) is 23.6 Å². The van der Waals surface area contributed by atoms with Gasteiger partial charge in [-0.3, -0.25) is 10.1 Å². The summed E-state index contributed by atoms with van der Waals surface area (Å²) in [6.07, 6.45) is 18.0. The van der Waals surface area contributed by atoms with Gasteiger partial charge in [-0.2, -0.15) is 0 Å². The van der Waals surface area contributed by atoms with Crippen LogP contribution in [0.25, 0.3) is 0 Å². The first-order valence-corrected chi connectivity index (χ1v) is 26.1. The standard InChI is InChI=1S/C57H78FN3O10/c1-6-9-10-11-12-13-14-15-16-23-53(64)61(39-40-24-26-42(58)27-25-40)52-38-49(60-69-8-3)46-35-41(21-17-19-32-62)45(22-18-20-33-63)54-47-36-44(29-31-50(47)71-57(52,55(46)54)68-34-7-2)70-56(65)59-48-30-28-43(66-4)37-51(48)67-5/h7,24-31,35-37,41,45,52,54-55,62-63H,2,6,8-23,32-34,38-39H2,1,3-5H3,(H,59,65)/t41-,45+,52-,54+,55+,57+/m0/s1. The number of amides is 2. The summed E-state index contributed by atoms with van der Waals surface area (Å²) in [4.78, 5) is 36.6. The smallest absolute Gasteiger partial charge is 0.417 e. The third kappa shape index (κ3) is 14.2. The maximum atomic E-state index is 15.1. The number of anilines is 1. The van der Waals surface area contributed by atoms with E-state index in [1.807, 2.05) is 17.9 Å². The average molecular weight is 984 g/mol. The van der Waals surface area contributed by atoms with Crippen LogP contribution in [-0.4, -0.2) is 85.3 Å². The lowest BCUT2D eigenvalue weighted by atomic mass is 9.55. The van der Waals surface area contributed by atoms with Crippen molar-refractivity contribution in [2.24, 2.45) is 22.9 Å². The number of carbonyl (C=O) groups excluding carboxylic acids is 2. The summed E-state index contributed by atoms with van der Waals surface area (Å²) in [6.45, 7) is 8.86. The molecule has 1 aliphatic heterocycles. The molecule has 3 N–H and O–H groups in total. The minimum Gasteiger partial charge on any atom is -0.497 e. The molecule has 71 heavy (non-hydrogen) atoms. The molecule has 6 atom stereocenters. The van der Waals surface area contributed by atoms with Crippen LogP contribution in [-0.2, 0) is 20.9 Å². The Morgan fingerprint density at radius 1 is 0.873 bits per heavy atom. The quantitative estimate of drug-likeness (QED) is 0.0334. The third-order valence-corrected chi connectivity index (χ3v) is 14.3. The molecule has 2 aliphatic carbocycles. The molecule has 13 nitrogen and oxygen atoms in total. The lowest BCUT2D eigenvalue weighted by molar-refractivity contribution is -0.258. The first-order valence-electron chi connectivity index (χ1n) is 26.1. The summed E-state index contributed by atoms with van der Waals surface area (Å²) in [6, 6.07) is 15.9. The maximum Gasteiger partial charge on any atom is 0.417 e. The van der Waals surface area contributed by atoms with Gasteiger partial charge in [-0.15, -0.1) is 6.58 Å². The molecule has 2 amide bonds. The van der Waals surface area contributed by atoms with Crippen molar-refractivity contribution < 1.29 is 52.7 Å². The van der Waals surface area contributed by atoms with Crippen molar-refractivity contribution in [1.82, 2.24) is 4.90 Å². The molecule has 3 aromatic rings. The van der Waals surface area contributed by atoms with E-state index < -0.39 is 23.8 Å². The van der Waals surface area contributed by atoms with Gasteiger partial charge in [0.25, 0.3) is 0 Å². The monoisotopic (exact) mass is 984 g/mol. The minimum absolute atomic E-state index is 0.00179. The van der Waals surface area contributed by atoms with Crippen LogP contribution < -0.4 is 24.3 Å². The highest BCUT2D eigenvalue weighted by Gasteiger charge is 2.65. The number of aliphatic hydroxyl groups is 2. The highest BCUT2D eigenvalue weighted by Crippen LogP contribution is 2.62. The lowest BCUT2D eigenvalue weighted by Gasteiger charge is -2.60. The molecule has 0 unspecified atom stereocenters. The largest absolute Gasteiger partial charge is 0.497 e. The summed E-state index contributed by atoms with van der Waals surface area (Å²) >= 11 is 0. The van der Waals surface area contributed by atoms with E-state index in [0.29, 0.717) is 60.9 Å². The minimum atomic E-state index is -1.49. The first-order chi connectivity index (χ1) is 34.6. The van der Waals surface area contributed by atoms with E-state index in [1.165, 1.54) is 51.3 Å². The van der Waals surface area contributed by atoms with Crippen LogP contribution in [0.3, 0.4) is 0 Å². The second-order valence-electron chi connectivity index (χ2n) is 19.0. The van der Waals surface area contributed by atoms with Crippen molar-refractivity contribution in [3.8, 4) is 23.0 Å². The van der Waals surface area contributed by atoms with Crippen molar-refractivity contribution in [3.05, 3.63) is 102 Å². The van der Waals surface area contributed by atoms with Gasteiger partial charge in [0.2, 0.25) is 11.7 Å². The van der Waals surface area contributed by atoms with Crippen molar-refractivity contribution >= 4 is 23.4 Å². The number of allylic oxidation sites excluding steroid dienone is 1. The van der Waals surface area contributed by atoms with Gasteiger partial charge in [0.15, 0.2) is 0 Å². The zero-order valence-electron chi connectivity index (χ0n) is 42.5. The Morgan fingerprint density at radius 3 is 2.25 bits per heavy atom. The van der Waals surface area contributed by atoms with Crippen LogP contribution in [0.2, 0.25) is 0 Å². The topological polar surface area (TPSA) is 158 Å². The van der Waals surface area contributed by atoms with E-state index in [0.717, 1.165) is 61.6 Å². The molecule has 3 aliphatic rings. The summed E-state index contributed by atoms with van der Waals surface area (Å²) in [5.41, 5.74) is 3.52. The molecule has 0 aromatic heterocycles. The van der Waals surface area contributed by atoms with Gasteiger partial charge in [0.1, 0.15) is 41.5 Å². The molecule has 0 bridgehead atoms. The number of unbranched alkanes of at least 4 members (excludes halogenated alkanes) is 10. The summed E-state index contributed by atoms with van der Waals surface area (Å²) in [5, 5.41) is 27.7. The number of hydrogen-bond acceptors (Lipinski definition) is 11. The van der Waals surface area contributed by atoms with E-state index in [1.54, 1.807) is 55.7 Å². The fourth-order valence-corrected chi connectivity index (χ4v) is 10.9. The van der Waals surface area contributed by atoms with Crippen molar-refractivity contribution in [2.45, 2.75) is 147 Å². The summed E-state index contributed by atoms with van der Waals surface area (Å²) < 4.78 is 45.9. The molecular weight excluding hydrogens is 906 g/mol. The first kappa shape index (κ1) is 54.9. The molecular formula is C57H78FN3O10. The zero-order valence-corrected chi connectivity index (χ0v) is 42.5. The Labute approximate surface area is 420 Å². The Bertz CT molecular complexity index is 2240. The molecule has 0 radical (unpaired) electrons. The second-order valence-corrected chi connectivity index (χ2v) is 19.0. The van der Waals surface area contributed by atoms with Crippen molar-refractivity contribution in [2.75, 3.05) is 46.0 Å². The fraction of sp³-hybridized carbons (Fsp3) is 0.561. The molecule has 6 rings (SSSR count). The predicted octanol–water partition coefficient (Wildman–Crippen LogP) is 12.1. The van der Waals surface area contributed by atoms with Gasteiger partial charge < -0.3 is 43.6 Å². The molecule has 1 heterocycles. The molecule has 1 fully saturated rings. The maximum absolute atomic E-state index is 15.1. The van der Waals surface area contributed by atoms with Crippen LogP contribution in [0.15, 0.2) is 90.1 Å². The summed E-state index contributed by atoms with van der Waals surface area (Å²) in [5.74, 6) is -1.13. The Kier molecular flexibility index (Phi) is 21.6. The van der Waals surface area contributed by atoms with Gasteiger partial charge in [-0.1, -0.05) is 101 Å². The average Bonchev–Trinajstić information content (AvgIpc) is 3.38. The van der Waals surface area contributed by atoms with E-state index in [9.17, 15) is 19.4 Å². The number of nitrogens with one attached hydrogen (secondary N) is 1. The predicted molar refractivity (Wildman–Crippen MR) is 275 cm³/mol. The Balaban J connectivity index is 1.48. The van der Waals surface area contributed by atoms with Gasteiger partial charge in [-0.05, 0) is 104 Å². The van der Waals surface area contributed by atoms with Crippen molar-refractivity contribution in [1.29, 1.82) is 0 Å². The molecule has 14 heteroatoms. The van der Waals surface area contributed by atoms with Crippen LogP contribution >= 0.6 is 0 Å². The number of methoxy groups -OCH3 is 2. The highest BCUT2D eigenvalue weighted by molar-refractivity contribution is 6.03. The van der Waals surface area contributed by atoms with Gasteiger partial charge in [0, 0.05) is 50.1 Å². The second kappa shape index (κ2) is 28.0. The zero-order chi connectivity index (χ0) is 50.6. The normalized spacial score (nSPS) is 21.5. The Hall–Kier alpha value is -5.44. The lowest BCUT2D eigenvalue weighted by Crippen LogP contribution is -2.70.